The molecule has 0 aromatic carbocycles. The van der Waals surface area contributed by atoms with Crippen LogP contribution in [0.4, 0.5) is 0 Å². The van der Waals surface area contributed by atoms with Gasteiger partial charge in [0.15, 0.2) is 0 Å². The zero-order valence-corrected chi connectivity index (χ0v) is 10.8. The minimum atomic E-state index is -0.748. The van der Waals surface area contributed by atoms with Gasteiger partial charge < -0.3 is 5.11 Å². The molecular formula is C13H23NO3. The Morgan fingerprint density at radius 2 is 2.12 bits per heavy atom. The lowest BCUT2D eigenvalue weighted by atomic mass is 9.94. The van der Waals surface area contributed by atoms with E-state index < -0.39 is 12.0 Å². The molecule has 17 heavy (non-hydrogen) atoms. The second kappa shape index (κ2) is 6.74. The zero-order valence-electron chi connectivity index (χ0n) is 10.8. The molecule has 1 N–H and O–H groups in total. The molecule has 0 radical (unpaired) electrons. The number of aliphatic carboxylic acids is 1. The van der Waals surface area contributed by atoms with Gasteiger partial charge in [0.2, 0.25) is 0 Å². The molecule has 4 nitrogen and oxygen atoms in total. The van der Waals surface area contributed by atoms with Crippen molar-refractivity contribution < 1.29 is 14.7 Å². The Balaban J connectivity index is 2.73. The Kier molecular flexibility index (Phi) is 5.62. The molecular weight excluding hydrogens is 218 g/mol. The molecule has 0 aromatic rings. The number of Topliss-reactive ketones (excluding diaryl/α,β-unsaturated/α-hetero) is 1. The summed E-state index contributed by atoms with van der Waals surface area (Å²) in [7, 11) is 0. The standard InChI is InChI=1S/C13H23NO3/c1-3-6-12(13(16)17)14-8-5-4-7-11(14)9-10(2)15/h11-12H,3-9H2,1-2H3,(H,16,17). The van der Waals surface area contributed by atoms with Crippen molar-refractivity contribution in [3.8, 4) is 0 Å². The van der Waals surface area contributed by atoms with E-state index in [0.717, 1.165) is 32.2 Å². The smallest absolute Gasteiger partial charge is 0.320 e. The molecule has 2 unspecified atom stereocenters. The van der Waals surface area contributed by atoms with Crippen LogP contribution in [-0.4, -0.2) is 40.4 Å². The average molecular weight is 241 g/mol. The number of ketones is 1. The van der Waals surface area contributed by atoms with Crippen LogP contribution in [0.15, 0.2) is 0 Å². The first kappa shape index (κ1) is 14.2. The van der Waals surface area contributed by atoms with Crippen molar-refractivity contribution >= 4 is 11.8 Å². The lowest BCUT2D eigenvalue weighted by Gasteiger charge is -2.39. The van der Waals surface area contributed by atoms with Gasteiger partial charge in [-0.2, -0.15) is 0 Å². The van der Waals surface area contributed by atoms with Crippen LogP contribution >= 0.6 is 0 Å². The van der Waals surface area contributed by atoms with Crippen molar-refractivity contribution in [3.05, 3.63) is 0 Å². The van der Waals surface area contributed by atoms with Crippen molar-refractivity contribution in [3.63, 3.8) is 0 Å². The lowest BCUT2D eigenvalue weighted by Crippen LogP contribution is -2.50. The predicted molar refractivity (Wildman–Crippen MR) is 66.0 cm³/mol. The van der Waals surface area contributed by atoms with Gasteiger partial charge in [-0.05, 0) is 32.7 Å². The Labute approximate surface area is 103 Å². The molecule has 1 fully saturated rings. The summed E-state index contributed by atoms with van der Waals surface area (Å²) in [5.41, 5.74) is 0. The monoisotopic (exact) mass is 241 g/mol. The first-order valence-corrected chi connectivity index (χ1v) is 6.54. The summed E-state index contributed by atoms with van der Waals surface area (Å²) < 4.78 is 0. The number of rotatable bonds is 6. The van der Waals surface area contributed by atoms with Crippen LogP contribution in [0.2, 0.25) is 0 Å². The van der Waals surface area contributed by atoms with Crippen LogP contribution in [0, 0.1) is 0 Å². The topological polar surface area (TPSA) is 57.6 Å². The second-order valence-electron chi connectivity index (χ2n) is 4.94. The van der Waals surface area contributed by atoms with E-state index in [1.807, 2.05) is 11.8 Å². The average Bonchev–Trinajstić information content (AvgIpc) is 2.26. The van der Waals surface area contributed by atoms with Gasteiger partial charge in [0, 0.05) is 12.5 Å². The second-order valence-corrected chi connectivity index (χ2v) is 4.94. The van der Waals surface area contributed by atoms with E-state index in [1.165, 1.54) is 0 Å². The summed E-state index contributed by atoms with van der Waals surface area (Å²) in [5.74, 6) is -0.593. The van der Waals surface area contributed by atoms with Crippen LogP contribution in [0.1, 0.15) is 52.4 Å². The molecule has 1 heterocycles. The fourth-order valence-corrected chi connectivity index (χ4v) is 2.69. The van der Waals surface area contributed by atoms with Crippen molar-refractivity contribution in [1.82, 2.24) is 4.90 Å². The quantitative estimate of drug-likeness (QED) is 0.773. The molecule has 0 aromatic heterocycles. The van der Waals surface area contributed by atoms with E-state index in [-0.39, 0.29) is 11.8 Å². The molecule has 0 bridgehead atoms. The van der Waals surface area contributed by atoms with Crippen LogP contribution < -0.4 is 0 Å². The summed E-state index contributed by atoms with van der Waals surface area (Å²) in [6.07, 6.45) is 5.12. The van der Waals surface area contributed by atoms with E-state index in [0.29, 0.717) is 12.8 Å². The van der Waals surface area contributed by atoms with Crippen molar-refractivity contribution in [2.45, 2.75) is 64.5 Å². The van der Waals surface area contributed by atoms with Gasteiger partial charge >= 0.3 is 5.97 Å². The number of hydrogen-bond acceptors (Lipinski definition) is 3. The third kappa shape index (κ3) is 4.11. The number of piperidine rings is 1. The Bertz CT molecular complexity index is 278. The van der Waals surface area contributed by atoms with Crippen LogP contribution in [0.5, 0.6) is 0 Å². The Morgan fingerprint density at radius 3 is 2.65 bits per heavy atom. The van der Waals surface area contributed by atoms with E-state index in [1.54, 1.807) is 6.92 Å². The SMILES string of the molecule is CCCC(C(=O)O)N1CCCCC1CC(C)=O. The highest BCUT2D eigenvalue weighted by Gasteiger charge is 2.32. The van der Waals surface area contributed by atoms with Gasteiger partial charge in [0.25, 0.3) is 0 Å². The van der Waals surface area contributed by atoms with E-state index in [4.69, 9.17) is 0 Å². The lowest BCUT2D eigenvalue weighted by molar-refractivity contribution is -0.146. The summed E-state index contributed by atoms with van der Waals surface area (Å²) in [5, 5.41) is 9.28. The molecule has 0 spiro atoms. The van der Waals surface area contributed by atoms with Crippen molar-refractivity contribution in [2.75, 3.05) is 6.54 Å². The molecule has 1 saturated heterocycles. The third-order valence-corrected chi connectivity index (χ3v) is 3.44. The van der Waals surface area contributed by atoms with Gasteiger partial charge in [-0.25, -0.2) is 0 Å². The highest BCUT2D eigenvalue weighted by molar-refractivity contribution is 5.76. The van der Waals surface area contributed by atoms with Gasteiger partial charge in [0.05, 0.1) is 0 Å². The van der Waals surface area contributed by atoms with E-state index in [9.17, 15) is 14.7 Å². The minimum absolute atomic E-state index is 0.133. The maximum atomic E-state index is 11.3. The maximum absolute atomic E-state index is 11.3. The van der Waals surface area contributed by atoms with Gasteiger partial charge in [-0.1, -0.05) is 19.8 Å². The van der Waals surface area contributed by atoms with Gasteiger partial charge in [-0.15, -0.1) is 0 Å². The normalized spacial score (nSPS) is 23.3. The fraction of sp³-hybridized carbons (Fsp3) is 0.846. The third-order valence-electron chi connectivity index (χ3n) is 3.44. The van der Waals surface area contributed by atoms with Gasteiger partial charge in [-0.3, -0.25) is 14.5 Å². The van der Waals surface area contributed by atoms with Crippen LogP contribution in [-0.2, 0) is 9.59 Å². The molecule has 0 aliphatic carbocycles. The first-order valence-electron chi connectivity index (χ1n) is 6.54. The highest BCUT2D eigenvalue weighted by atomic mass is 16.4. The molecule has 1 aliphatic heterocycles. The molecule has 0 saturated carbocycles. The largest absolute Gasteiger partial charge is 0.480 e. The summed E-state index contributed by atoms with van der Waals surface area (Å²) in [6.45, 7) is 4.40. The number of likely N-dealkylation sites (tertiary alicyclic amines) is 1. The highest BCUT2D eigenvalue weighted by Crippen LogP contribution is 2.24. The van der Waals surface area contributed by atoms with Crippen molar-refractivity contribution in [2.24, 2.45) is 0 Å². The van der Waals surface area contributed by atoms with Crippen LogP contribution in [0.25, 0.3) is 0 Å². The molecule has 98 valence electrons. The Morgan fingerprint density at radius 1 is 1.41 bits per heavy atom. The fourth-order valence-electron chi connectivity index (χ4n) is 2.69. The number of carboxylic acid groups (broad SMARTS) is 1. The number of carbonyl (C=O) groups is 2. The molecule has 1 aliphatic rings. The molecule has 0 amide bonds. The van der Waals surface area contributed by atoms with E-state index >= 15 is 0 Å². The number of hydrogen-bond donors (Lipinski definition) is 1. The first-order chi connectivity index (χ1) is 8.06. The molecule has 2 atom stereocenters. The molecule has 1 rings (SSSR count). The summed E-state index contributed by atoms with van der Waals surface area (Å²) >= 11 is 0. The number of nitrogens with zero attached hydrogens (tertiary/aromatic N) is 1. The minimum Gasteiger partial charge on any atom is -0.480 e. The molecule has 4 heteroatoms. The number of carbonyl (C=O) groups excluding carboxylic acids is 1. The number of carboxylic acids is 1. The summed E-state index contributed by atoms with van der Waals surface area (Å²) in [6, 6.07) is -0.279. The maximum Gasteiger partial charge on any atom is 0.320 e. The zero-order chi connectivity index (χ0) is 12.8. The Hall–Kier alpha value is -0.900. The van der Waals surface area contributed by atoms with Gasteiger partial charge in [0.1, 0.15) is 11.8 Å². The summed E-state index contributed by atoms with van der Waals surface area (Å²) in [4.78, 5) is 24.6. The van der Waals surface area contributed by atoms with E-state index in [2.05, 4.69) is 0 Å². The van der Waals surface area contributed by atoms with Crippen LogP contribution in [0.3, 0.4) is 0 Å². The predicted octanol–water partition coefficient (Wildman–Crippen LogP) is 2.07. The van der Waals surface area contributed by atoms with Crippen molar-refractivity contribution in [1.29, 1.82) is 0 Å².